The topological polar surface area (TPSA) is 39.1 Å². The first-order valence-corrected chi connectivity index (χ1v) is 11.1. The maximum absolute atomic E-state index is 5.48. The number of hydrogen-bond donors (Lipinski definition) is 1. The summed E-state index contributed by atoms with van der Waals surface area (Å²) in [5.41, 5.74) is 5.77. The first-order chi connectivity index (χ1) is 15.3. The Morgan fingerprint density at radius 2 is 1.68 bits per heavy atom. The Balaban J connectivity index is 1.47. The van der Waals surface area contributed by atoms with E-state index in [1.807, 2.05) is 18.2 Å². The Bertz CT molecular complexity index is 1290. The van der Waals surface area contributed by atoms with E-state index in [2.05, 4.69) is 82.1 Å². The van der Waals surface area contributed by atoms with Gasteiger partial charge in [-0.3, -0.25) is 0 Å². The van der Waals surface area contributed by atoms with Crippen molar-refractivity contribution in [1.82, 2.24) is 9.55 Å². The van der Waals surface area contributed by atoms with E-state index in [9.17, 15) is 0 Å². The Morgan fingerprint density at radius 1 is 0.935 bits per heavy atom. The number of aromatic nitrogens is 2. The molecular formula is C26H23N3OS. The SMILES string of the molecule is COc1ccc2c(-c3csc(NCc4ccccc4)n3)cn(Cc3ccccc3)c2c1. The summed E-state index contributed by atoms with van der Waals surface area (Å²) >= 11 is 1.64. The number of hydrogen-bond acceptors (Lipinski definition) is 4. The van der Waals surface area contributed by atoms with Crippen molar-refractivity contribution in [3.05, 3.63) is 102 Å². The van der Waals surface area contributed by atoms with Crippen LogP contribution >= 0.6 is 11.3 Å². The van der Waals surface area contributed by atoms with Crippen LogP contribution in [-0.4, -0.2) is 16.7 Å². The number of thiazole rings is 1. The molecule has 0 fully saturated rings. The summed E-state index contributed by atoms with van der Waals surface area (Å²) in [4.78, 5) is 4.87. The summed E-state index contributed by atoms with van der Waals surface area (Å²) in [5, 5.41) is 7.67. The molecule has 0 saturated heterocycles. The van der Waals surface area contributed by atoms with Gasteiger partial charge in [-0.2, -0.15) is 0 Å². The smallest absolute Gasteiger partial charge is 0.183 e. The van der Waals surface area contributed by atoms with Crippen molar-refractivity contribution in [2.75, 3.05) is 12.4 Å². The Morgan fingerprint density at radius 3 is 2.42 bits per heavy atom. The highest BCUT2D eigenvalue weighted by molar-refractivity contribution is 7.14. The van der Waals surface area contributed by atoms with Crippen LogP contribution in [0.25, 0.3) is 22.2 Å². The Kier molecular flexibility index (Phi) is 5.42. The number of fused-ring (bicyclic) bond motifs is 1. The average Bonchev–Trinajstić information content (AvgIpc) is 3.43. The van der Waals surface area contributed by atoms with Gasteiger partial charge in [0.2, 0.25) is 0 Å². The fraction of sp³-hybridized carbons (Fsp3) is 0.115. The van der Waals surface area contributed by atoms with Gasteiger partial charge in [0.25, 0.3) is 0 Å². The van der Waals surface area contributed by atoms with Crippen LogP contribution in [0.4, 0.5) is 5.13 Å². The summed E-state index contributed by atoms with van der Waals surface area (Å²) in [6, 6.07) is 27.1. The molecule has 0 bridgehead atoms. The van der Waals surface area contributed by atoms with Crippen molar-refractivity contribution in [2.45, 2.75) is 13.1 Å². The molecule has 0 aliphatic carbocycles. The molecule has 0 radical (unpaired) electrons. The normalized spacial score (nSPS) is 11.0. The van der Waals surface area contributed by atoms with Gasteiger partial charge in [0.1, 0.15) is 5.75 Å². The zero-order valence-electron chi connectivity index (χ0n) is 17.3. The molecule has 1 N–H and O–H groups in total. The Labute approximate surface area is 185 Å². The minimum absolute atomic E-state index is 0.765. The quantitative estimate of drug-likeness (QED) is 0.326. The molecule has 0 saturated carbocycles. The monoisotopic (exact) mass is 425 g/mol. The summed E-state index contributed by atoms with van der Waals surface area (Å²) in [6.45, 7) is 1.56. The van der Waals surface area contributed by atoms with Crippen molar-refractivity contribution < 1.29 is 4.74 Å². The van der Waals surface area contributed by atoms with E-state index in [1.54, 1.807) is 18.4 Å². The van der Waals surface area contributed by atoms with Crippen molar-refractivity contribution in [3.63, 3.8) is 0 Å². The minimum Gasteiger partial charge on any atom is -0.497 e. The second kappa shape index (κ2) is 8.66. The highest BCUT2D eigenvalue weighted by atomic mass is 32.1. The lowest BCUT2D eigenvalue weighted by molar-refractivity contribution is 0.415. The lowest BCUT2D eigenvalue weighted by Crippen LogP contribution is -1.98. The number of benzene rings is 3. The molecule has 2 aromatic heterocycles. The van der Waals surface area contributed by atoms with Crippen LogP contribution in [-0.2, 0) is 13.1 Å². The lowest BCUT2D eigenvalue weighted by Gasteiger charge is -2.06. The van der Waals surface area contributed by atoms with Gasteiger partial charge in [0.15, 0.2) is 5.13 Å². The van der Waals surface area contributed by atoms with Crippen molar-refractivity contribution in [2.24, 2.45) is 0 Å². The van der Waals surface area contributed by atoms with Crippen LogP contribution < -0.4 is 10.1 Å². The molecule has 2 heterocycles. The van der Waals surface area contributed by atoms with Gasteiger partial charge in [0, 0.05) is 41.7 Å². The molecule has 5 rings (SSSR count). The van der Waals surface area contributed by atoms with Crippen molar-refractivity contribution in [1.29, 1.82) is 0 Å². The molecule has 0 spiro atoms. The van der Waals surface area contributed by atoms with Gasteiger partial charge >= 0.3 is 0 Å². The number of ether oxygens (including phenoxy) is 1. The summed E-state index contributed by atoms with van der Waals surface area (Å²) in [6.07, 6.45) is 2.20. The minimum atomic E-state index is 0.765. The highest BCUT2D eigenvalue weighted by Gasteiger charge is 2.14. The number of nitrogens with one attached hydrogen (secondary N) is 1. The molecule has 154 valence electrons. The second-order valence-electron chi connectivity index (χ2n) is 7.42. The van der Waals surface area contributed by atoms with E-state index in [0.29, 0.717) is 0 Å². The lowest BCUT2D eigenvalue weighted by atomic mass is 10.1. The third-order valence-corrected chi connectivity index (χ3v) is 6.15. The molecule has 0 atom stereocenters. The van der Waals surface area contributed by atoms with Gasteiger partial charge < -0.3 is 14.6 Å². The number of methoxy groups -OCH3 is 1. The van der Waals surface area contributed by atoms with E-state index in [4.69, 9.17) is 9.72 Å². The summed E-state index contributed by atoms with van der Waals surface area (Å²) < 4.78 is 7.76. The molecule has 5 aromatic rings. The van der Waals surface area contributed by atoms with Crippen LogP contribution in [0.3, 0.4) is 0 Å². The molecule has 3 aromatic carbocycles. The zero-order valence-corrected chi connectivity index (χ0v) is 18.1. The van der Waals surface area contributed by atoms with E-state index < -0.39 is 0 Å². The molecule has 31 heavy (non-hydrogen) atoms. The molecule has 0 unspecified atom stereocenters. The van der Waals surface area contributed by atoms with Crippen LogP contribution in [0.15, 0.2) is 90.4 Å². The second-order valence-corrected chi connectivity index (χ2v) is 8.27. The zero-order chi connectivity index (χ0) is 21.0. The molecule has 0 aliphatic rings. The Hall–Kier alpha value is -3.57. The molecular weight excluding hydrogens is 402 g/mol. The molecule has 0 aliphatic heterocycles. The van der Waals surface area contributed by atoms with Crippen molar-refractivity contribution >= 4 is 27.4 Å². The van der Waals surface area contributed by atoms with Crippen LogP contribution in [0.2, 0.25) is 0 Å². The molecule has 5 heteroatoms. The van der Waals surface area contributed by atoms with Gasteiger partial charge in [-0.05, 0) is 23.3 Å². The number of anilines is 1. The predicted molar refractivity (Wildman–Crippen MR) is 129 cm³/mol. The van der Waals surface area contributed by atoms with Crippen molar-refractivity contribution in [3.8, 4) is 17.0 Å². The van der Waals surface area contributed by atoms with Gasteiger partial charge in [-0.1, -0.05) is 60.7 Å². The first-order valence-electron chi connectivity index (χ1n) is 10.2. The molecule has 0 amide bonds. The molecule has 4 nitrogen and oxygen atoms in total. The third-order valence-electron chi connectivity index (χ3n) is 5.35. The average molecular weight is 426 g/mol. The third kappa shape index (κ3) is 4.18. The largest absolute Gasteiger partial charge is 0.497 e. The summed E-state index contributed by atoms with van der Waals surface area (Å²) in [5.74, 6) is 0.856. The fourth-order valence-electron chi connectivity index (χ4n) is 3.77. The van der Waals surface area contributed by atoms with E-state index in [1.165, 1.54) is 16.5 Å². The van der Waals surface area contributed by atoms with Crippen LogP contribution in [0.1, 0.15) is 11.1 Å². The maximum Gasteiger partial charge on any atom is 0.183 e. The van der Waals surface area contributed by atoms with Gasteiger partial charge in [0.05, 0.1) is 18.3 Å². The van der Waals surface area contributed by atoms with Gasteiger partial charge in [-0.25, -0.2) is 4.98 Å². The van der Waals surface area contributed by atoms with E-state index in [0.717, 1.165) is 40.7 Å². The van der Waals surface area contributed by atoms with Crippen LogP contribution in [0.5, 0.6) is 5.75 Å². The van der Waals surface area contributed by atoms with Gasteiger partial charge in [-0.15, -0.1) is 11.3 Å². The van der Waals surface area contributed by atoms with Crippen LogP contribution in [0, 0.1) is 0 Å². The maximum atomic E-state index is 5.48. The van der Waals surface area contributed by atoms with E-state index in [-0.39, 0.29) is 0 Å². The summed E-state index contributed by atoms with van der Waals surface area (Å²) in [7, 11) is 1.71. The predicted octanol–water partition coefficient (Wildman–Crippen LogP) is 6.43. The fourth-order valence-corrected chi connectivity index (χ4v) is 4.48. The number of nitrogens with zero attached hydrogens (tertiary/aromatic N) is 2. The first kappa shape index (κ1) is 19.4. The standard InChI is InChI=1S/C26H23N3OS/c1-30-21-12-13-22-23(17-29(25(22)14-21)16-20-10-6-3-7-11-20)24-18-31-26(28-24)27-15-19-8-4-2-5-9-19/h2-14,17-18H,15-16H2,1H3,(H,27,28). The van der Waals surface area contributed by atoms with E-state index >= 15 is 0 Å². The highest BCUT2D eigenvalue weighted by Crippen LogP contribution is 2.35. The number of rotatable bonds is 7.